The van der Waals surface area contributed by atoms with Crippen LogP contribution in [0.5, 0.6) is 5.75 Å². The van der Waals surface area contributed by atoms with Gasteiger partial charge < -0.3 is 9.84 Å². The van der Waals surface area contributed by atoms with Crippen molar-refractivity contribution in [3.8, 4) is 5.75 Å². The van der Waals surface area contributed by atoms with Crippen molar-refractivity contribution in [2.24, 2.45) is 0 Å². The van der Waals surface area contributed by atoms with E-state index in [2.05, 4.69) is 4.74 Å². The molecule has 12 heteroatoms. The maximum atomic E-state index is 13.8. The molecule has 0 saturated carbocycles. The Bertz CT molecular complexity index is 982. The molecule has 0 aliphatic rings. The second-order valence-electron chi connectivity index (χ2n) is 5.47. The molecular weight excluding hydrogens is 413 g/mol. The van der Waals surface area contributed by atoms with Crippen molar-refractivity contribution in [3.63, 3.8) is 0 Å². The first-order valence-electron chi connectivity index (χ1n) is 7.39. The molecule has 0 radical (unpaired) electrons. The Labute approximate surface area is 155 Å². The molecule has 2 N–H and O–H groups in total. The predicted octanol–water partition coefficient (Wildman–Crippen LogP) is 2.15. The third-order valence-electron chi connectivity index (χ3n) is 3.60. The van der Waals surface area contributed by atoms with Gasteiger partial charge >= 0.3 is 5.97 Å². The number of methoxy groups -OCH3 is 1. The third kappa shape index (κ3) is 4.22. The molecule has 2 rings (SSSR count). The Kier molecular flexibility index (Phi) is 6.24. The summed E-state index contributed by atoms with van der Waals surface area (Å²) < 4.78 is 97.9. The number of esters is 1. The van der Waals surface area contributed by atoms with Gasteiger partial charge in [0.05, 0.1) is 7.11 Å². The van der Waals surface area contributed by atoms with E-state index in [1.54, 1.807) is 4.72 Å². The van der Waals surface area contributed by atoms with Gasteiger partial charge in [-0.1, -0.05) is 12.1 Å². The van der Waals surface area contributed by atoms with E-state index in [0.29, 0.717) is 5.56 Å². The molecule has 0 aromatic heterocycles. The molecule has 6 nitrogen and oxygen atoms in total. The number of sulfonamides is 1. The van der Waals surface area contributed by atoms with Gasteiger partial charge in [-0.2, -0.15) is 4.72 Å². The monoisotopic (exact) mass is 425 g/mol. The number of carbonyl (C=O) groups excluding carboxylic acids is 1. The normalized spacial score (nSPS) is 12.6. The summed E-state index contributed by atoms with van der Waals surface area (Å²) in [6, 6.07) is 3.33. The van der Waals surface area contributed by atoms with Crippen LogP contribution in [-0.2, 0) is 26.0 Å². The van der Waals surface area contributed by atoms with E-state index < -0.39 is 62.4 Å². The molecular formula is C16H12F5NO5S. The quantitative estimate of drug-likeness (QED) is 0.320. The van der Waals surface area contributed by atoms with Crippen molar-refractivity contribution in [2.45, 2.75) is 17.4 Å². The standard InChI is InChI=1S/C16H12F5NO5S/c1-27-16(24)9(6-7-2-4-8(23)5-3-7)22-28(25,26)15-13(20)11(18)10(17)12(19)14(15)21/h2-5,9,22-23H,6H2,1H3. The summed E-state index contributed by atoms with van der Waals surface area (Å²) in [6.45, 7) is 0. The lowest BCUT2D eigenvalue weighted by Crippen LogP contribution is -2.43. The fourth-order valence-corrected chi connectivity index (χ4v) is 3.57. The first-order chi connectivity index (χ1) is 13.0. The van der Waals surface area contributed by atoms with Crippen LogP contribution in [0.25, 0.3) is 0 Å². The maximum Gasteiger partial charge on any atom is 0.324 e. The number of phenolic OH excluding ortho intramolecular Hbond substituents is 1. The number of phenols is 1. The van der Waals surface area contributed by atoms with Crippen LogP contribution in [0.2, 0.25) is 0 Å². The molecule has 1 atom stereocenters. The minimum absolute atomic E-state index is 0.125. The van der Waals surface area contributed by atoms with Crippen LogP contribution < -0.4 is 4.72 Å². The van der Waals surface area contributed by atoms with Crippen LogP contribution in [-0.4, -0.2) is 32.6 Å². The molecule has 0 fully saturated rings. The Balaban J connectivity index is 2.46. The Morgan fingerprint density at radius 3 is 1.93 bits per heavy atom. The van der Waals surface area contributed by atoms with Crippen molar-refractivity contribution in [1.82, 2.24) is 4.72 Å². The second-order valence-corrected chi connectivity index (χ2v) is 7.12. The van der Waals surface area contributed by atoms with Crippen molar-refractivity contribution >= 4 is 16.0 Å². The van der Waals surface area contributed by atoms with Gasteiger partial charge in [-0.3, -0.25) is 4.79 Å². The van der Waals surface area contributed by atoms with Gasteiger partial charge in [-0.05, 0) is 24.1 Å². The highest BCUT2D eigenvalue weighted by Gasteiger charge is 2.36. The maximum absolute atomic E-state index is 13.8. The van der Waals surface area contributed by atoms with Crippen LogP contribution >= 0.6 is 0 Å². The lowest BCUT2D eigenvalue weighted by atomic mass is 10.1. The lowest BCUT2D eigenvalue weighted by Gasteiger charge is -2.18. The summed E-state index contributed by atoms with van der Waals surface area (Å²) in [4.78, 5) is 9.73. The smallest absolute Gasteiger partial charge is 0.324 e. The molecule has 2 aromatic carbocycles. The van der Waals surface area contributed by atoms with Crippen LogP contribution in [0.15, 0.2) is 29.2 Å². The molecule has 0 heterocycles. The Hall–Kier alpha value is -2.73. The minimum atomic E-state index is -5.36. The molecule has 0 spiro atoms. The summed E-state index contributed by atoms with van der Waals surface area (Å²) in [5.74, 6) is -13.9. The highest BCUT2D eigenvalue weighted by Crippen LogP contribution is 2.27. The van der Waals surface area contributed by atoms with Crippen molar-refractivity contribution in [1.29, 1.82) is 0 Å². The molecule has 0 saturated heterocycles. The van der Waals surface area contributed by atoms with E-state index in [-0.39, 0.29) is 5.75 Å². The summed E-state index contributed by atoms with van der Waals surface area (Å²) in [5.41, 5.74) is 0.299. The molecule has 2 aromatic rings. The Morgan fingerprint density at radius 2 is 1.46 bits per heavy atom. The van der Waals surface area contributed by atoms with E-state index in [9.17, 15) is 40.3 Å². The second kappa shape index (κ2) is 8.10. The minimum Gasteiger partial charge on any atom is -0.508 e. The molecule has 0 aliphatic carbocycles. The number of benzene rings is 2. The predicted molar refractivity (Wildman–Crippen MR) is 84.2 cm³/mol. The van der Waals surface area contributed by atoms with Gasteiger partial charge in [0.15, 0.2) is 28.2 Å². The highest BCUT2D eigenvalue weighted by atomic mass is 32.2. The summed E-state index contributed by atoms with van der Waals surface area (Å²) in [6.07, 6.45) is -0.401. The Morgan fingerprint density at radius 1 is 1.00 bits per heavy atom. The number of ether oxygens (including phenoxy) is 1. The number of hydrogen-bond acceptors (Lipinski definition) is 5. The van der Waals surface area contributed by atoms with Crippen LogP contribution in [0.4, 0.5) is 22.0 Å². The first-order valence-corrected chi connectivity index (χ1v) is 8.87. The largest absolute Gasteiger partial charge is 0.508 e. The van der Waals surface area contributed by atoms with E-state index in [0.717, 1.165) is 7.11 Å². The van der Waals surface area contributed by atoms with Crippen LogP contribution in [0.3, 0.4) is 0 Å². The fraction of sp³-hybridized carbons (Fsp3) is 0.188. The number of halogens is 5. The van der Waals surface area contributed by atoms with Gasteiger partial charge in [-0.15, -0.1) is 0 Å². The highest BCUT2D eigenvalue weighted by molar-refractivity contribution is 7.89. The number of carbonyl (C=O) groups is 1. The third-order valence-corrected chi connectivity index (χ3v) is 5.09. The topological polar surface area (TPSA) is 92.7 Å². The molecule has 152 valence electrons. The molecule has 0 bridgehead atoms. The first kappa shape index (κ1) is 21.6. The molecule has 28 heavy (non-hydrogen) atoms. The summed E-state index contributed by atoms with van der Waals surface area (Å²) >= 11 is 0. The van der Waals surface area contributed by atoms with Gasteiger partial charge in [0.2, 0.25) is 15.8 Å². The molecule has 0 aliphatic heterocycles. The zero-order chi connectivity index (χ0) is 21.2. The summed E-state index contributed by atoms with van der Waals surface area (Å²) in [7, 11) is -4.46. The SMILES string of the molecule is COC(=O)C(Cc1ccc(O)cc1)NS(=O)(=O)c1c(F)c(F)c(F)c(F)c1F. The van der Waals surface area contributed by atoms with Crippen LogP contribution in [0, 0.1) is 29.1 Å². The van der Waals surface area contributed by atoms with E-state index >= 15 is 0 Å². The number of hydrogen-bond donors (Lipinski definition) is 2. The average Bonchev–Trinajstić information content (AvgIpc) is 2.65. The van der Waals surface area contributed by atoms with Crippen LogP contribution in [0.1, 0.15) is 5.56 Å². The van der Waals surface area contributed by atoms with Gasteiger partial charge in [0, 0.05) is 0 Å². The molecule has 1 unspecified atom stereocenters. The number of nitrogens with one attached hydrogen (secondary N) is 1. The van der Waals surface area contributed by atoms with E-state index in [4.69, 9.17) is 0 Å². The molecule has 0 amide bonds. The van der Waals surface area contributed by atoms with Crippen molar-refractivity contribution < 1.29 is 45.0 Å². The zero-order valence-electron chi connectivity index (χ0n) is 14.0. The number of aromatic hydroxyl groups is 1. The van der Waals surface area contributed by atoms with Gasteiger partial charge in [0.25, 0.3) is 0 Å². The van der Waals surface area contributed by atoms with E-state index in [1.807, 2.05) is 0 Å². The summed E-state index contributed by atoms with van der Waals surface area (Å²) in [5, 5.41) is 9.23. The average molecular weight is 425 g/mol. The van der Waals surface area contributed by atoms with Gasteiger partial charge in [0.1, 0.15) is 11.8 Å². The zero-order valence-corrected chi connectivity index (χ0v) is 14.8. The fourth-order valence-electron chi connectivity index (χ4n) is 2.25. The number of rotatable bonds is 6. The van der Waals surface area contributed by atoms with Crippen molar-refractivity contribution in [2.75, 3.05) is 7.11 Å². The van der Waals surface area contributed by atoms with E-state index in [1.165, 1.54) is 24.3 Å². The lowest BCUT2D eigenvalue weighted by molar-refractivity contribution is -0.142. The van der Waals surface area contributed by atoms with Gasteiger partial charge in [-0.25, -0.2) is 30.4 Å². The van der Waals surface area contributed by atoms with Crippen molar-refractivity contribution in [3.05, 3.63) is 58.9 Å².